The molecule has 0 aliphatic carbocycles. The lowest BCUT2D eigenvalue weighted by Gasteiger charge is -2.31. The number of nitrogens with two attached hydrogens (primary N) is 1. The van der Waals surface area contributed by atoms with Gasteiger partial charge in [-0.25, -0.2) is 0 Å². The molecule has 1 aliphatic rings. The summed E-state index contributed by atoms with van der Waals surface area (Å²) >= 11 is 0. The van der Waals surface area contributed by atoms with Crippen molar-refractivity contribution in [1.82, 2.24) is 0 Å². The number of rotatable bonds is 7. The summed E-state index contributed by atoms with van der Waals surface area (Å²) in [6, 6.07) is 0.119. The predicted octanol–water partition coefficient (Wildman–Crippen LogP) is 2.48. The van der Waals surface area contributed by atoms with Crippen molar-refractivity contribution in [2.45, 2.75) is 70.6 Å². The van der Waals surface area contributed by atoms with E-state index in [0.29, 0.717) is 6.10 Å². The lowest BCUT2D eigenvalue weighted by molar-refractivity contribution is -0.0318. The van der Waals surface area contributed by atoms with Crippen LogP contribution in [0.4, 0.5) is 0 Å². The molecule has 0 aromatic carbocycles. The topological polar surface area (TPSA) is 44.5 Å². The van der Waals surface area contributed by atoms with Gasteiger partial charge in [0.05, 0.1) is 11.7 Å². The maximum absolute atomic E-state index is 6.16. The Morgan fingerprint density at radius 3 is 2.81 bits per heavy atom. The summed E-state index contributed by atoms with van der Waals surface area (Å²) in [5.41, 5.74) is 5.95. The molecule has 0 radical (unpaired) electrons. The Bertz CT molecular complexity index is 188. The second-order valence-electron chi connectivity index (χ2n) is 5.21. The molecule has 0 spiro atoms. The minimum atomic E-state index is -0.203. The molecule has 2 N–H and O–H groups in total. The van der Waals surface area contributed by atoms with Gasteiger partial charge in [-0.3, -0.25) is 0 Å². The van der Waals surface area contributed by atoms with E-state index in [1.165, 1.54) is 12.8 Å². The van der Waals surface area contributed by atoms with Crippen molar-refractivity contribution in [2.75, 3.05) is 13.2 Å². The van der Waals surface area contributed by atoms with Gasteiger partial charge in [0.2, 0.25) is 0 Å². The highest BCUT2D eigenvalue weighted by molar-refractivity contribution is 4.83. The maximum atomic E-state index is 6.16. The molecule has 3 nitrogen and oxygen atoms in total. The Balaban J connectivity index is 2.15. The van der Waals surface area contributed by atoms with Gasteiger partial charge in [-0.05, 0) is 52.9 Å². The molecule has 2 atom stereocenters. The first-order chi connectivity index (χ1) is 7.56. The van der Waals surface area contributed by atoms with Crippen molar-refractivity contribution in [3.05, 3.63) is 0 Å². The monoisotopic (exact) mass is 229 g/mol. The van der Waals surface area contributed by atoms with E-state index in [-0.39, 0.29) is 11.6 Å². The van der Waals surface area contributed by atoms with Crippen molar-refractivity contribution in [3.8, 4) is 0 Å². The van der Waals surface area contributed by atoms with Gasteiger partial charge in [-0.1, -0.05) is 0 Å². The van der Waals surface area contributed by atoms with Gasteiger partial charge < -0.3 is 15.2 Å². The van der Waals surface area contributed by atoms with E-state index in [9.17, 15) is 0 Å². The highest BCUT2D eigenvalue weighted by atomic mass is 16.5. The SMILES string of the molecule is CCOC(C)(C)C(N)CCCC1CCCO1. The summed E-state index contributed by atoms with van der Waals surface area (Å²) < 4.78 is 11.3. The number of hydrogen-bond donors (Lipinski definition) is 1. The Labute approximate surface area is 99.7 Å². The van der Waals surface area contributed by atoms with Crippen molar-refractivity contribution in [1.29, 1.82) is 0 Å². The van der Waals surface area contributed by atoms with E-state index >= 15 is 0 Å². The molecule has 1 fully saturated rings. The zero-order valence-corrected chi connectivity index (χ0v) is 11.0. The van der Waals surface area contributed by atoms with Crippen LogP contribution in [0.2, 0.25) is 0 Å². The molecule has 1 rings (SSSR count). The van der Waals surface area contributed by atoms with E-state index in [0.717, 1.165) is 32.5 Å². The van der Waals surface area contributed by atoms with Gasteiger partial charge in [0.15, 0.2) is 0 Å². The largest absolute Gasteiger partial charge is 0.378 e. The molecule has 0 bridgehead atoms. The quantitative estimate of drug-likeness (QED) is 0.729. The molecule has 1 saturated heterocycles. The van der Waals surface area contributed by atoms with Crippen LogP contribution in [0.25, 0.3) is 0 Å². The van der Waals surface area contributed by atoms with Crippen molar-refractivity contribution in [3.63, 3.8) is 0 Å². The van der Waals surface area contributed by atoms with Gasteiger partial charge in [0, 0.05) is 19.3 Å². The molecular formula is C13H27NO2. The highest BCUT2D eigenvalue weighted by Crippen LogP contribution is 2.21. The predicted molar refractivity (Wildman–Crippen MR) is 66.5 cm³/mol. The van der Waals surface area contributed by atoms with Gasteiger partial charge in [-0.2, -0.15) is 0 Å². The lowest BCUT2D eigenvalue weighted by atomic mass is 9.93. The molecule has 1 heterocycles. The molecule has 0 saturated carbocycles. The highest BCUT2D eigenvalue weighted by Gasteiger charge is 2.26. The van der Waals surface area contributed by atoms with Crippen LogP contribution >= 0.6 is 0 Å². The third-order valence-corrected chi connectivity index (χ3v) is 3.47. The van der Waals surface area contributed by atoms with Crippen molar-refractivity contribution in [2.24, 2.45) is 5.73 Å². The smallest absolute Gasteiger partial charge is 0.0776 e. The van der Waals surface area contributed by atoms with Crippen LogP contribution in [-0.2, 0) is 9.47 Å². The van der Waals surface area contributed by atoms with Gasteiger partial charge >= 0.3 is 0 Å². The second-order valence-corrected chi connectivity index (χ2v) is 5.21. The first kappa shape index (κ1) is 13.9. The van der Waals surface area contributed by atoms with E-state index < -0.39 is 0 Å². The number of hydrogen-bond acceptors (Lipinski definition) is 3. The van der Waals surface area contributed by atoms with Crippen LogP contribution in [0.1, 0.15) is 52.9 Å². The number of ether oxygens (including phenoxy) is 2. The summed E-state index contributed by atoms with van der Waals surface area (Å²) in [6.07, 6.45) is 6.25. The second kappa shape index (κ2) is 6.58. The molecule has 2 unspecified atom stereocenters. The zero-order valence-electron chi connectivity index (χ0n) is 11.0. The molecule has 1 aliphatic heterocycles. The fourth-order valence-electron chi connectivity index (χ4n) is 2.26. The summed E-state index contributed by atoms with van der Waals surface area (Å²) in [5, 5.41) is 0. The molecule has 3 heteroatoms. The minimum absolute atomic E-state index is 0.119. The van der Waals surface area contributed by atoms with E-state index in [1.54, 1.807) is 0 Å². The summed E-state index contributed by atoms with van der Waals surface area (Å²) in [4.78, 5) is 0. The van der Waals surface area contributed by atoms with Gasteiger partial charge in [-0.15, -0.1) is 0 Å². The van der Waals surface area contributed by atoms with Crippen LogP contribution < -0.4 is 5.73 Å². The first-order valence-corrected chi connectivity index (χ1v) is 6.57. The van der Waals surface area contributed by atoms with E-state index in [4.69, 9.17) is 15.2 Å². The van der Waals surface area contributed by atoms with Crippen LogP contribution in [0.5, 0.6) is 0 Å². The van der Waals surface area contributed by atoms with Gasteiger partial charge in [0.25, 0.3) is 0 Å². The van der Waals surface area contributed by atoms with Crippen LogP contribution in [0, 0.1) is 0 Å². The van der Waals surface area contributed by atoms with E-state index in [2.05, 4.69) is 13.8 Å². The Morgan fingerprint density at radius 2 is 2.25 bits per heavy atom. The Hall–Kier alpha value is -0.120. The lowest BCUT2D eigenvalue weighted by Crippen LogP contribution is -2.45. The van der Waals surface area contributed by atoms with Crippen LogP contribution in [0.15, 0.2) is 0 Å². The Morgan fingerprint density at radius 1 is 1.50 bits per heavy atom. The first-order valence-electron chi connectivity index (χ1n) is 6.57. The zero-order chi connectivity index (χ0) is 12.0. The van der Waals surface area contributed by atoms with Crippen LogP contribution in [-0.4, -0.2) is 31.0 Å². The summed E-state index contributed by atoms with van der Waals surface area (Å²) in [7, 11) is 0. The normalized spacial score (nSPS) is 23.6. The molecule has 96 valence electrons. The van der Waals surface area contributed by atoms with E-state index in [1.807, 2.05) is 6.92 Å². The molecule has 16 heavy (non-hydrogen) atoms. The molecule has 0 aromatic heterocycles. The third kappa shape index (κ3) is 4.40. The fourth-order valence-corrected chi connectivity index (χ4v) is 2.26. The summed E-state index contributed by atoms with van der Waals surface area (Å²) in [5.74, 6) is 0. The fraction of sp³-hybridized carbons (Fsp3) is 1.00. The van der Waals surface area contributed by atoms with Crippen molar-refractivity contribution < 1.29 is 9.47 Å². The maximum Gasteiger partial charge on any atom is 0.0776 e. The standard InChI is InChI=1S/C13H27NO2/c1-4-16-13(2,3)12(14)9-5-7-11-8-6-10-15-11/h11-12H,4-10,14H2,1-3H3. The van der Waals surface area contributed by atoms with Crippen molar-refractivity contribution >= 4 is 0 Å². The summed E-state index contributed by atoms with van der Waals surface area (Å²) in [6.45, 7) is 7.84. The van der Waals surface area contributed by atoms with Gasteiger partial charge in [0.1, 0.15) is 0 Å². The minimum Gasteiger partial charge on any atom is -0.378 e. The molecule has 0 amide bonds. The third-order valence-electron chi connectivity index (χ3n) is 3.47. The average molecular weight is 229 g/mol. The van der Waals surface area contributed by atoms with Crippen LogP contribution in [0.3, 0.4) is 0 Å². The molecular weight excluding hydrogens is 202 g/mol. The molecule has 0 aromatic rings. The average Bonchev–Trinajstić information content (AvgIpc) is 2.70. The Kier molecular flexibility index (Phi) is 5.73.